The maximum absolute atomic E-state index is 13.3. The second-order valence-corrected chi connectivity index (χ2v) is 6.29. The first-order chi connectivity index (χ1) is 13.8. The molecule has 0 spiro atoms. The topological polar surface area (TPSA) is 34.5 Å². The normalized spacial score (nSPS) is 10.4. The monoisotopic (exact) mass is 368 g/mol. The van der Waals surface area contributed by atoms with E-state index in [-0.39, 0.29) is 5.91 Å². The Kier molecular flexibility index (Phi) is 5.20. The fourth-order valence-electron chi connectivity index (χ4n) is 2.99. The van der Waals surface area contributed by atoms with Crippen LogP contribution in [0.1, 0.15) is 15.9 Å². The van der Waals surface area contributed by atoms with Crippen LogP contribution in [0.4, 0.5) is 5.69 Å². The van der Waals surface area contributed by atoms with Crippen LogP contribution in [0.25, 0.3) is 0 Å². The molecule has 138 valence electrons. The minimum absolute atomic E-state index is 0.132. The van der Waals surface area contributed by atoms with E-state index < -0.39 is 0 Å². The molecule has 1 heterocycles. The quantitative estimate of drug-likeness (QED) is 0.470. The third-order valence-corrected chi connectivity index (χ3v) is 4.36. The molecule has 0 radical (unpaired) electrons. The zero-order valence-electron chi connectivity index (χ0n) is 15.3. The average Bonchev–Trinajstić information content (AvgIpc) is 3.29. The Hall–Kier alpha value is -3.79. The van der Waals surface area contributed by atoms with Gasteiger partial charge in [0.1, 0.15) is 18.0 Å². The lowest BCUT2D eigenvalue weighted by Crippen LogP contribution is -2.35. The van der Waals surface area contributed by atoms with Crippen LogP contribution in [0.2, 0.25) is 0 Å². The van der Waals surface area contributed by atoms with Gasteiger partial charge < -0.3 is 4.74 Å². The number of anilines is 1. The first-order valence-electron chi connectivity index (χ1n) is 9.11. The summed E-state index contributed by atoms with van der Waals surface area (Å²) in [5.41, 5.74) is 2.36. The third-order valence-electron chi connectivity index (χ3n) is 4.36. The summed E-state index contributed by atoms with van der Waals surface area (Å²) in [5, 5.41) is 1.62. The predicted molar refractivity (Wildman–Crippen MR) is 110 cm³/mol. The van der Waals surface area contributed by atoms with Crippen molar-refractivity contribution in [1.29, 1.82) is 0 Å². The second-order valence-electron chi connectivity index (χ2n) is 6.29. The molecular weight excluding hydrogens is 348 g/mol. The highest BCUT2D eigenvalue weighted by atomic mass is 16.5. The number of ether oxygens (including phenoxy) is 1. The van der Waals surface area contributed by atoms with Crippen LogP contribution in [0, 0.1) is 0 Å². The fraction of sp³-hybridized carbons (Fsp3) is 0.0417. The van der Waals surface area contributed by atoms with Crippen molar-refractivity contribution in [3.63, 3.8) is 0 Å². The number of hydrogen-bond acceptors (Lipinski definition) is 2. The molecule has 4 heteroatoms. The Morgan fingerprint density at radius 2 is 1.36 bits per heavy atom. The van der Waals surface area contributed by atoms with Crippen molar-refractivity contribution < 1.29 is 9.53 Å². The summed E-state index contributed by atoms with van der Waals surface area (Å²) in [6.07, 6.45) is 3.68. The molecule has 0 aliphatic heterocycles. The highest BCUT2D eigenvalue weighted by Crippen LogP contribution is 2.30. The van der Waals surface area contributed by atoms with Crippen LogP contribution in [0.3, 0.4) is 0 Å². The van der Waals surface area contributed by atoms with E-state index in [1.165, 1.54) is 0 Å². The molecule has 0 fully saturated rings. The van der Waals surface area contributed by atoms with Gasteiger partial charge in [0.2, 0.25) is 0 Å². The van der Waals surface area contributed by atoms with Crippen LogP contribution < -0.4 is 9.75 Å². The van der Waals surface area contributed by atoms with E-state index in [2.05, 4.69) is 0 Å². The van der Waals surface area contributed by atoms with Crippen molar-refractivity contribution in [3.05, 3.63) is 121 Å². The minimum Gasteiger partial charge on any atom is -0.487 e. The first kappa shape index (κ1) is 17.6. The van der Waals surface area contributed by atoms with E-state index in [0.717, 1.165) is 5.56 Å². The van der Waals surface area contributed by atoms with E-state index >= 15 is 0 Å². The second kappa shape index (κ2) is 8.27. The van der Waals surface area contributed by atoms with Crippen molar-refractivity contribution in [3.8, 4) is 5.75 Å². The molecule has 0 bridgehead atoms. The molecule has 0 unspecified atom stereocenters. The summed E-state index contributed by atoms with van der Waals surface area (Å²) in [6, 6.07) is 30.6. The summed E-state index contributed by atoms with van der Waals surface area (Å²) in [7, 11) is 0. The van der Waals surface area contributed by atoms with Gasteiger partial charge in [-0.3, -0.25) is 9.47 Å². The number of hydrogen-bond donors (Lipinski definition) is 0. The van der Waals surface area contributed by atoms with Crippen LogP contribution in [-0.4, -0.2) is 10.6 Å². The van der Waals surface area contributed by atoms with Crippen LogP contribution in [-0.2, 0) is 6.61 Å². The van der Waals surface area contributed by atoms with E-state index in [9.17, 15) is 4.79 Å². The molecular formula is C24H20N2O2. The summed E-state index contributed by atoms with van der Waals surface area (Å²) >= 11 is 0. The molecule has 0 aliphatic rings. The molecule has 4 aromatic rings. The number of carbonyl (C=O) groups is 1. The SMILES string of the molecule is O=C(c1ccccc1)N(c1ccccc1OCc1ccccc1)n1cccc1. The lowest BCUT2D eigenvalue weighted by molar-refractivity contribution is 0.0975. The van der Waals surface area contributed by atoms with Gasteiger partial charge in [-0.15, -0.1) is 0 Å². The van der Waals surface area contributed by atoms with Gasteiger partial charge in [0.25, 0.3) is 5.91 Å². The number of aromatic nitrogens is 1. The molecule has 0 saturated heterocycles. The third kappa shape index (κ3) is 3.81. The Balaban J connectivity index is 1.70. The number of benzene rings is 3. The largest absolute Gasteiger partial charge is 0.487 e. The van der Waals surface area contributed by atoms with E-state index in [4.69, 9.17) is 4.74 Å². The smallest absolute Gasteiger partial charge is 0.277 e. The lowest BCUT2D eigenvalue weighted by Gasteiger charge is -2.26. The van der Waals surface area contributed by atoms with Gasteiger partial charge in [-0.2, -0.15) is 0 Å². The maximum atomic E-state index is 13.3. The van der Waals surface area contributed by atoms with Crippen LogP contribution in [0.5, 0.6) is 5.75 Å². The molecule has 0 N–H and O–H groups in total. The van der Waals surface area contributed by atoms with Gasteiger partial charge in [-0.1, -0.05) is 60.7 Å². The Morgan fingerprint density at radius 1 is 0.750 bits per heavy atom. The summed E-state index contributed by atoms with van der Waals surface area (Å²) < 4.78 is 7.84. The molecule has 4 rings (SSSR count). The van der Waals surface area contributed by atoms with Gasteiger partial charge in [-0.05, 0) is 42.0 Å². The summed E-state index contributed by atoms with van der Waals surface area (Å²) in [4.78, 5) is 13.3. The van der Waals surface area contributed by atoms with E-state index in [1.54, 1.807) is 9.69 Å². The van der Waals surface area contributed by atoms with Gasteiger partial charge in [0, 0.05) is 18.0 Å². The van der Waals surface area contributed by atoms with Crippen LogP contribution in [0.15, 0.2) is 109 Å². The summed E-state index contributed by atoms with van der Waals surface area (Å²) in [5.74, 6) is 0.511. The molecule has 1 amide bonds. The van der Waals surface area contributed by atoms with Gasteiger partial charge in [0.05, 0.1) is 0 Å². The zero-order valence-corrected chi connectivity index (χ0v) is 15.3. The lowest BCUT2D eigenvalue weighted by atomic mass is 10.2. The predicted octanol–water partition coefficient (Wildman–Crippen LogP) is 5.18. The molecule has 3 aromatic carbocycles. The van der Waals surface area contributed by atoms with E-state index in [1.807, 2.05) is 109 Å². The van der Waals surface area contributed by atoms with Crippen molar-refractivity contribution in [2.24, 2.45) is 0 Å². The number of nitrogens with zero attached hydrogens (tertiary/aromatic N) is 2. The van der Waals surface area contributed by atoms with E-state index in [0.29, 0.717) is 23.6 Å². The van der Waals surface area contributed by atoms with Crippen molar-refractivity contribution in [2.75, 3.05) is 5.01 Å². The highest BCUT2D eigenvalue weighted by Gasteiger charge is 2.22. The molecule has 0 aliphatic carbocycles. The molecule has 0 atom stereocenters. The number of para-hydroxylation sites is 2. The molecule has 4 nitrogen and oxygen atoms in total. The molecule has 0 saturated carbocycles. The summed E-state index contributed by atoms with van der Waals surface area (Å²) in [6.45, 7) is 0.427. The van der Waals surface area contributed by atoms with Crippen molar-refractivity contribution in [1.82, 2.24) is 4.68 Å². The Morgan fingerprint density at radius 3 is 2.07 bits per heavy atom. The molecule has 1 aromatic heterocycles. The Labute approximate surface area is 164 Å². The number of rotatable bonds is 6. The number of amides is 1. The minimum atomic E-state index is -0.132. The first-order valence-corrected chi connectivity index (χ1v) is 9.11. The maximum Gasteiger partial charge on any atom is 0.277 e. The van der Waals surface area contributed by atoms with Gasteiger partial charge in [-0.25, -0.2) is 5.01 Å². The molecule has 28 heavy (non-hydrogen) atoms. The van der Waals surface area contributed by atoms with Crippen molar-refractivity contribution in [2.45, 2.75) is 6.61 Å². The zero-order chi connectivity index (χ0) is 19.2. The number of carbonyl (C=O) groups excluding carboxylic acids is 1. The van der Waals surface area contributed by atoms with Gasteiger partial charge >= 0.3 is 0 Å². The highest BCUT2D eigenvalue weighted by molar-refractivity contribution is 6.06. The Bertz CT molecular complexity index is 1030. The average molecular weight is 368 g/mol. The fourth-order valence-corrected chi connectivity index (χ4v) is 2.99. The standard InChI is InChI=1S/C24H20N2O2/c27-24(21-13-5-2-6-14-21)26(25-17-9-10-18-25)22-15-7-8-16-23(22)28-19-20-11-3-1-4-12-20/h1-18H,19H2. The van der Waals surface area contributed by atoms with Crippen LogP contribution >= 0.6 is 0 Å². The van der Waals surface area contributed by atoms with Gasteiger partial charge in [0.15, 0.2) is 0 Å². The van der Waals surface area contributed by atoms with Crippen molar-refractivity contribution >= 4 is 11.6 Å².